The number of nitrogens with one attached hydrogen (secondary N) is 1. The van der Waals surface area contributed by atoms with E-state index in [0.717, 1.165) is 10.6 Å². The zero-order valence-electron chi connectivity index (χ0n) is 11.7. The first-order valence-corrected chi connectivity index (χ1v) is 6.74. The molecule has 106 valence electrons. The van der Waals surface area contributed by atoms with Gasteiger partial charge in [-0.15, -0.1) is 11.3 Å². The van der Waals surface area contributed by atoms with Gasteiger partial charge in [0, 0.05) is 18.0 Å². The average Bonchev–Trinajstić information content (AvgIpc) is 2.70. The van der Waals surface area contributed by atoms with E-state index in [9.17, 15) is 9.59 Å². The number of amides is 1. The standard InChI is InChI=1S/C13H15N3O3S/c1-7-8(2)20-13(14-7)15-12(18)9-5-10(17)11(19-4)6-16(9)3/h5-6H,1-4H3,(H,14,15,18). The molecule has 0 aliphatic rings. The molecule has 0 spiro atoms. The van der Waals surface area contributed by atoms with Gasteiger partial charge in [-0.1, -0.05) is 0 Å². The largest absolute Gasteiger partial charge is 0.491 e. The van der Waals surface area contributed by atoms with Gasteiger partial charge in [0.1, 0.15) is 5.69 Å². The van der Waals surface area contributed by atoms with Crippen molar-refractivity contribution in [2.45, 2.75) is 13.8 Å². The molecule has 0 radical (unpaired) electrons. The molecule has 20 heavy (non-hydrogen) atoms. The van der Waals surface area contributed by atoms with Crippen molar-refractivity contribution < 1.29 is 9.53 Å². The van der Waals surface area contributed by atoms with E-state index in [-0.39, 0.29) is 22.8 Å². The fraction of sp³-hybridized carbons (Fsp3) is 0.308. The predicted molar refractivity (Wildman–Crippen MR) is 77.8 cm³/mol. The van der Waals surface area contributed by atoms with Gasteiger partial charge in [0.15, 0.2) is 10.9 Å². The molecule has 1 N–H and O–H groups in total. The summed E-state index contributed by atoms with van der Waals surface area (Å²) in [7, 11) is 3.09. The lowest BCUT2D eigenvalue weighted by molar-refractivity contribution is 0.101. The van der Waals surface area contributed by atoms with E-state index in [0.29, 0.717) is 5.13 Å². The van der Waals surface area contributed by atoms with Crippen molar-refractivity contribution in [3.63, 3.8) is 0 Å². The number of hydrogen-bond acceptors (Lipinski definition) is 5. The number of pyridine rings is 1. The number of methoxy groups -OCH3 is 1. The molecule has 0 fully saturated rings. The summed E-state index contributed by atoms with van der Waals surface area (Å²) in [4.78, 5) is 29.2. The molecular formula is C13H15N3O3S. The first kappa shape index (κ1) is 14.3. The number of carbonyl (C=O) groups excluding carboxylic acids is 1. The zero-order valence-corrected chi connectivity index (χ0v) is 12.5. The van der Waals surface area contributed by atoms with Crippen molar-refractivity contribution in [1.82, 2.24) is 9.55 Å². The van der Waals surface area contributed by atoms with Gasteiger partial charge in [0.05, 0.1) is 19.0 Å². The van der Waals surface area contributed by atoms with Crippen LogP contribution >= 0.6 is 11.3 Å². The highest BCUT2D eigenvalue weighted by Crippen LogP contribution is 2.21. The molecule has 2 heterocycles. The molecule has 2 aromatic rings. The number of carbonyl (C=O) groups is 1. The van der Waals surface area contributed by atoms with E-state index in [1.54, 1.807) is 11.6 Å². The summed E-state index contributed by atoms with van der Waals surface area (Å²) in [5, 5.41) is 3.21. The molecule has 0 unspecified atom stereocenters. The Balaban J connectivity index is 2.30. The third kappa shape index (κ3) is 2.72. The summed E-state index contributed by atoms with van der Waals surface area (Å²) in [5.74, 6) is -0.175. The summed E-state index contributed by atoms with van der Waals surface area (Å²) < 4.78 is 6.47. The molecule has 0 aliphatic heterocycles. The maximum atomic E-state index is 12.2. The van der Waals surface area contributed by atoms with Crippen LogP contribution in [0, 0.1) is 13.8 Å². The zero-order chi connectivity index (χ0) is 14.9. The van der Waals surface area contributed by atoms with Crippen molar-refractivity contribution in [1.29, 1.82) is 0 Å². The van der Waals surface area contributed by atoms with E-state index in [4.69, 9.17) is 4.74 Å². The number of hydrogen-bond donors (Lipinski definition) is 1. The van der Waals surface area contributed by atoms with Crippen molar-refractivity contribution in [2.75, 3.05) is 12.4 Å². The Hall–Kier alpha value is -2.15. The third-order valence-electron chi connectivity index (χ3n) is 2.90. The third-order valence-corrected chi connectivity index (χ3v) is 3.89. The Morgan fingerprint density at radius 2 is 2.15 bits per heavy atom. The molecule has 1 amide bonds. The fourth-order valence-corrected chi connectivity index (χ4v) is 2.48. The van der Waals surface area contributed by atoms with Crippen LogP contribution in [0.3, 0.4) is 0 Å². The number of thiazole rings is 1. The lowest BCUT2D eigenvalue weighted by Crippen LogP contribution is -2.21. The number of ether oxygens (including phenoxy) is 1. The molecule has 0 saturated carbocycles. The first-order chi connectivity index (χ1) is 9.42. The lowest BCUT2D eigenvalue weighted by Gasteiger charge is -2.09. The van der Waals surface area contributed by atoms with Gasteiger partial charge >= 0.3 is 0 Å². The van der Waals surface area contributed by atoms with Crippen molar-refractivity contribution >= 4 is 22.4 Å². The Kier molecular flexibility index (Phi) is 3.89. The molecule has 0 bridgehead atoms. The maximum absolute atomic E-state index is 12.2. The Labute approximate surface area is 120 Å². The van der Waals surface area contributed by atoms with Crippen LogP contribution in [0.4, 0.5) is 5.13 Å². The monoisotopic (exact) mass is 293 g/mol. The highest BCUT2D eigenvalue weighted by molar-refractivity contribution is 7.15. The van der Waals surface area contributed by atoms with Crippen LogP contribution in [0.5, 0.6) is 5.75 Å². The molecule has 6 nitrogen and oxygen atoms in total. The van der Waals surface area contributed by atoms with Gasteiger partial charge in [0.25, 0.3) is 5.91 Å². The summed E-state index contributed by atoms with van der Waals surface area (Å²) in [6.45, 7) is 3.82. The maximum Gasteiger partial charge on any atom is 0.274 e. The van der Waals surface area contributed by atoms with E-state index in [2.05, 4.69) is 10.3 Å². The molecule has 2 aromatic heterocycles. The van der Waals surface area contributed by atoms with Gasteiger partial charge < -0.3 is 9.30 Å². The normalized spacial score (nSPS) is 10.4. The number of rotatable bonds is 3. The summed E-state index contributed by atoms with van der Waals surface area (Å²) >= 11 is 1.40. The van der Waals surface area contributed by atoms with Gasteiger partial charge in [-0.05, 0) is 13.8 Å². The van der Waals surface area contributed by atoms with Gasteiger partial charge in [-0.2, -0.15) is 0 Å². The second kappa shape index (κ2) is 5.46. The van der Waals surface area contributed by atoms with Gasteiger partial charge in [-0.3, -0.25) is 14.9 Å². The number of anilines is 1. The minimum Gasteiger partial charge on any atom is -0.491 e. The van der Waals surface area contributed by atoms with Crippen LogP contribution in [0.15, 0.2) is 17.1 Å². The van der Waals surface area contributed by atoms with E-state index in [1.165, 1.54) is 30.7 Å². The summed E-state index contributed by atoms with van der Waals surface area (Å²) in [6, 6.07) is 1.25. The number of aryl methyl sites for hydroxylation is 3. The quantitative estimate of drug-likeness (QED) is 0.935. The highest BCUT2D eigenvalue weighted by Gasteiger charge is 2.14. The van der Waals surface area contributed by atoms with Crippen molar-refractivity contribution in [3.8, 4) is 5.75 Å². The minimum atomic E-state index is -0.374. The Bertz CT molecular complexity index is 699. The first-order valence-electron chi connectivity index (χ1n) is 5.92. The molecule has 0 aliphatic carbocycles. The molecular weight excluding hydrogens is 278 g/mol. The molecule has 0 atom stereocenters. The second-order valence-electron chi connectivity index (χ2n) is 4.32. The molecule has 2 rings (SSSR count). The average molecular weight is 293 g/mol. The van der Waals surface area contributed by atoms with E-state index >= 15 is 0 Å². The lowest BCUT2D eigenvalue weighted by atomic mass is 10.3. The molecule has 0 saturated heterocycles. The van der Waals surface area contributed by atoms with Gasteiger partial charge in [0.2, 0.25) is 5.43 Å². The summed E-state index contributed by atoms with van der Waals surface area (Å²) in [6.07, 6.45) is 1.48. The van der Waals surface area contributed by atoms with Gasteiger partial charge in [-0.25, -0.2) is 4.98 Å². The van der Waals surface area contributed by atoms with Crippen molar-refractivity contribution in [3.05, 3.63) is 38.8 Å². The molecule has 7 heteroatoms. The van der Waals surface area contributed by atoms with Crippen LogP contribution in [0.25, 0.3) is 0 Å². The van der Waals surface area contributed by atoms with E-state index < -0.39 is 0 Å². The number of aromatic nitrogens is 2. The summed E-state index contributed by atoms with van der Waals surface area (Å²) in [5.41, 5.74) is 0.803. The second-order valence-corrected chi connectivity index (χ2v) is 5.52. The topological polar surface area (TPSA) is 73.2 Å². The molecule has 0 aromatic carbocycles. The van der Waals surface area contributed by atoms with Crippen molar-refractivity contribution in [2.24, 2.45) is 7.05 Å². The van der Waals surface area contributed by atoms with Crippen LogP contribution in [0.2, 0.25) is 0 Å². The SMILES string of the molecule is COc1cn(C)c(C(=O)Nc2nc(C)c(C)s2)cc1=O. The van der Waals surface area contributed by atoms with Crippen LogP contribution < -0.4 is 15.5 Å². The number of nitrogens with zero attached hydrogens (tertiary/aromatic N) is 2. The van der Waals surface area contributed by atoms with Crippen LogP contribution in [-0.2, 0) is 7.05 Å². The van der Waals surface area contributed by atoms with E-state index in [1.807, 2.05) is 13.8 Å². The smallest absolute Gasteiger partial charge is 0.274 e. The van der Waals surface area contributed by atoms with Crippen LogP contribution in [-0.4, -0.2) is 22.6 Å². The Morgan fingerprint density at radius 1 is 1.45 bits per heavy atom. The highest BCUT2D eigenvalue weighted by atomic mass is 32.1. The Morgan fingerprint density at radius 3 is 2.70 bits per heavy atom. The minimum absolute atomic E-state index is 0.199. The van der Waals surface area contributed by atoms with Crippen LogP contribution in [0.1, 0.15) is 21.1 Å². The fourth-order valence-electron chi connectivity index (χ4n) is 1.67. The predicted octanol–water partition coefficient (Wildman–Crippen LogP) is 1.72.